The van der Waals surface area contributed by atoms with Crippen molar-refractivity contribution in [3.05, 3.63) is 65.5 Å². The number of carbonyl (C=O) groups is 1. The van der Waals surface area contributed by atoms with E-state index in [-0.39, 0.29) is 12.5 Å². The fourth-order valence-electron chi connectivity index (χ4n) is 2.64. The van der Waals surface area contributed by atoms with Gasteiger partial charge in [0.1, 0.15) is 10.8 Å². The van der Waals surface area contributed by atoms with E-state index >= 15 is 0 Å². The molecule has 0 atom stereocenters. The Morgan fingerprint density at radius 2 is 1.97 bits per heavy atom. The highest BCUT2D eigenvalue weighted by atomic mass is 32.1. The van der Waals surface area contributed by atoms with Crippen molar-refractivity contribution in [1.82, 2.24) is 15.1 Å². The lowest BCUT2D eigenvalue weighted by atomic mass is 10.2. The van der Waals surface area contributed by atoms with Crippen molar-refractivity contribution >= 4 is 33.6 Å². The molecule has 0 unspecified atom stereocenters. The molecule has 29 heavy (non-hydrogen) atoms. The minimum atomic E-state index is -0.515. The van der Waals surface area contributed by atoms with Crippen LogP contribution in [0.15, 0.2) is 59.1 Å². The maximum atomic E-state index is 12.0. The molecular formula is C21H17N3O4S. The van der Waals surface area contributed by atoms with E-state index in [1.807, 2.05) is 55.5 Å². The zero-order valence-corrected chi connectivity index (χ0v) is 16.4. The Balaban J connectivity index is 1.37. The SMILES string of the molecule is CCOc1ccccc1-c1noc(COC(=O)/C=C/c2nc3ccccc3s2)n1. The van der Waals surface area contributed by atoms with Crippen LogP contribution in [0.3, 0.4) is 0 Å². The van der Waals surface area contributed by atoms with Crippen molar-refractivity contribution < 1.29 is 18.8 Å². The first-order chi connectivity index (χ1) is 14.2. The molecule has 4 aromatic rings. The summed E-state index contributed by atoms with van der Waals surface area (Å²) in [6.07, 6.45) is 2.96. The van der Waals surface area contributed by atoms with Gasteiger partial charge in [-0.1, -0.05) is 29.4 Å². The normalized spacial score (nSPS) is 11.2. The van der Waals surface area contributed by atoms with Gasteiger partial charge in [-0.3, -0.25) is 0 Å². The maximum Gasteiger partial charge on any atom is 0.331 e. The van der Waals surface area contributed by atoms with Crippen LogP contribution in [0.4, 0.5) is 0 Å². The van der Waals surface area contributed by atoms with E-state index < -0.39 is 5.97 Å². The summed E-state index contributed by atoms with van der Waals surface area (Å²) in [7, 11) is 0. The van der Waals surface area contributed by atoms with Crippen molar-refractivity contribution in [3.8, 4) is 17.1 Å². The van der Waals surface area contributed by atoms with Gasteiger partial charge in [-0.15, -0.1) is 11.3 Å². The number of ether oxygens (including phenoxy) is 2. The van der Waals surface area contributed by atoms with Crippen LogP contribution in [0.1, 0.15) is 17.8 Å². The third-order valence-corrected chi connectivity index (χ3v) is 4.91. The second-order valence-corrected chi connectivity index (χ2v) is 6.96. The first-order valence-corrected chi connectivity index (χ1v) is 9.80. The quantitative estimate of drug-likeness (QED) is 0.329. The van der Waals surface area contributed by atoms with E-state index in [0.29, 0.717) is 23.7 Å². The van der Waals surface area contributed by atoms with Crippen molar-refractivity contribution in [2.75, 3.05) is 6.61 Å². The van der Waals surface area contributed by atoms with E-state index in [1.54, 1.807) is 6.08 Å². The summed E-state index contributed by atoms with van der Waals surface area (Å²) in [6, 6.07) is 15.2. The topological polar surface area (TPSA) is 87.3 Å². The van der Waals surface area contributed by atoms with E-state index in [2.05, 4.69) is 15.1 Å². The summed E-state index contributed by atoms with van der Waals surface area (Å²) in [5.41, 5.74) is 1.61. The Morgan fingerprint density at radius 1 is 1.14 bits per heavy atom. The number of fused-ring (bicyclic) bond motifs is 1. The van der Waals surface area contributed by atoms with Crippen LogP contribution in [0, 0.1) is 0 Å². The summed E-state index contributed by atoms with van der Waals surface area (Å²) in [5, 5.41) is 4.67. The smallest absolute Gasteiger partial charge is 0.331 e. The average molecular weight is 407 g/mol. The minimum Gasteiger partial charge on any atom is -0.493 e. The number of hydrogen-bond acceptors (Lipinski definition) is 8. The number of carbonyl (C=O) groups excluding carboxylic acids is 1. The fraction of sp³-hybridized carbons (Fsp3) is 0.143. The highest BCUT2D eigenvalue weighted by Crippen LogP contribution is 2.27. The molecule has 0 spiro atoms. The number of rotatable bonds is 7. The Morgan fingerprint density at radius 3 is 2.83 bits per heavy atom. The standard InChI is InChI=1S/C21H17N3O4S/c1-2-26-16-9-5-3-7-14(16)21-23-18(28-24-21)13-27-20(25)12-11-19-22-15-8-4-6-10-17(15)29-19/h3-12H,2,13H2,1H3/b12-11+. The van der Waals surface area contributed by atoms with Crippen LogP contribution in [-0.2, 0) is 16.1 Å². The second kappa shape index (κ2) is 8.66. The number of benzene rings is 2. The first-order valence-electron chi connectivity index (χ1n) is 8.98. The molecule has 0 aliphatic heterocycles. The zero-order chi connectivity index (χ0) is 20.1. The molecule has 8 heteroatoms. The predicted molar refractivity (Wildman–Crippen MR) is 109 cm³/mol. The molecule has 0 bridgehead atoms. The molecule has 146 valence electrons. The highest BCUT2D eigenvalue weighted by molar-refractivity contribution is 7.19. The van der Waals surface area contributed by atoms with Crippen LogP contribution in [0.25, 0.3) is 27.7 Å². The highest BCUT2D eigenvalue weighted by Gasteiger charge is 2.14. The number of aromatic nitrogens is 3. The van der Waals surface area contributed by atoms with Crippen molar-refractivity contribution in [3.63, 3.8) is 0 Å². The van der Waals surface area contributed by atoms with Gasteiger partial charge in [0.05, 0.1) is 22.4 Å². The van der Waals surface area contributed by atoms with E-state index in [4.69, 9.17) is 14.0 Å². The maximum absolute atomic E-state index is 12.0. The van der Waals surface area contributed by atoms with E-state index in [9.17, 15) is 4.79 Å². The molecule has 0 radical (unpaired) electrons. The van der Waals surface area contributed by atoms with Gasteiger partial charge in [-0.25, -0.2) is 9.78 Å². The van der Waals surface area contributed by atoms with Crippen LogP contribution < -0.4 is 4.74 Å². The lowest BCUT2D eigenvalue weighted by Gasteiger charge is -2.05. The van der Waals surface area contributed by atoms with Gasteiger partial charge in [-0.05, 0) is 37.3 Å². The van der Waals surface area contributed by atoms with E-state index in [0.717, 1.165) is 15.2 Å². The van der Waals surface area contributed by atoms with E-state index in [1.165, 1.54) is 17.4 Å². The molecule has 4 rings (SSSR count). The summed E-state index contributed by atoms with van der Waals surface area (Å²) >= 11 is 1.50. The van der Waals surface area contributed by atoms with Crippen molar-refractivity contribution in [2.45, 2.75) is 13.5 Å². The van der Waals surface area contributed by atoms with Crippen LogP contribution in [0.5, 0.6) is 5.75 Å². The van der Waals surface area contributed by atoms with Crippen LogP contribution >= 0.6 is 11.3 Å². The fourth-order valence-corrected chi connectivity index (χ4v) is 3.51. The molecule has 7 nitrogen and oxygen atoms in total. The molecule has 2 aromatic heterocycles. The van der Waals surface area contributed by atoms with Gasteiger partial charge in [0, 0.05) is 6.08 Å². The second-order valence-electron chi connectivity index (χ2n) is 5.90. The largest absolute Gasteiger partial charge is 0.493 e. The molecule has 0 N–H and O–H groups in total. The number of nitrogens with zero attached hydrogens (tertiary/aromatic N) is 3. The average Bonchev–Trinajstić information content (AvgIpc) is 3.38. The molecule has 0 fully saturated rings. The molecule has 0 amide bonds. The Bertz CT molecular complexity index is 1130. The number of para-hydroxylation sites is 2. The molecule has 0 saturated heterocycles. The molecule has 0 aliphatic rings. The molecule has 2 aromatic carbocycles. The summed E-state index contributed by atoms with van der Waals surface area (Å²) in [6.45, 7) is 2.31. The van der Waals surface area contributed by atoms with Crippen LogP contribution in [0.2, 0.25) is 0 Å². The van der Waals surface area contributed by atoms with Gasteiger partial charge in [0.15, 0.2) is 6.61 Å². The molecule has 0 saturated carbocycles. The zero-order valence-electron chi connectivity index (χ0n) is 15.6. The number of thiazole rings is 1. The number of hydrogen-bond donors (Lipinski definition) is 0. The predicted octanol–water partition coefficient (Wildman–Crippen LogP) is 4.50. The lowest BCUT2D eigenvalue weighted by molar-refractivity contribution is -0.139. The van der Waals surface area contributed by atoms with Gasteiger partial charge >= 0.3 is 5.97 Å². The van der Waals surface area contributed by atoms with Crippen molar-refractivity contribution in [2.24, 2.45) is 0 Å². The van der Waals surface area contributed by atoms with Gasteiger partial charge < -0.3 is 14.0 Å². The third-order valence-electron chi connectivity index (χ3n) is 3.91. The van der Waals surface area contributed by atoms with Gasteiger partial charge in [0.25, 0.3) is 5.89 Å². The molecular weight excluding hydrogens is 390 g/mol. The molecule has 2 heterocycles. The monoisotopic (exact) mass is 407 g/mol. The minimum absolute atomic E-state index is 0.118. The lowest BCUT2D eigenvalue weighted by Crippen LogP contribution is -2.01. The molecule has 0 aliphatic carbocycles. The Labute approximate surface area is 170 Å². The Hall–Kier alpha value is -3.52. The first kappa shape index (κ1) is 18.8. The summed E-state index contributed by atoms with van der Waals surface area (Å²) in [4.78, 5) is 20.7. The number of esters is 1. The van der Waals surface area contributed by atoms with Gasteiger partial charge in [-0.2, -0.15) is 4.98 Å². The summed E-state index contributed by atoms with van der Waals surface area (Å²) < 4.78 is 17.0. The van der Waals surface area contributed by atoms with Crippen LogP contribution in [-0.4, -0.2) is 27.7 Å². The van der Waals surface area contributed by atoms with Crippen molar-refractivity contribution in [1.29, 1.82) is 0 Å². The summed E-state index contributed by atoms with van der Waals surface area (Å²) in [5.74, 6) is 0.731. The third kappa shape index (κ3) is 4.49. The van der Waals surface area contributed by atoms with Gasteiger partial charge in [0.2, 0.25) is 5.82 Å². The Kier molecular flexibility index (Phi) is 5.62.